The Kier molecular flexibility index (Phi) is 4.39. The molecule has 0 saturated heterocycles. The third-order valence-corrected chi connectivity index (χ3v) is 4.29. The molecule has 110 valence electrons. The highest BCUT2D eigenvalue weighted by Crippen LogP contribution is 2.23. The maximum Gasteiger partial charge on any atom is 0.00676 e. The van der Waals surface area contributed by atoms with Crippen LogP contribution >= 0.6 is 0 Å². The zero-order valence-electron chi connectivity index (χ0n) is 13.3. The molecule has 0 heteroatoms. The largest absolute Gasteiger partial charge is 0.0798 e. The molecule has 1 aliphatic rings. The monoisotopic (exact) mass is 286 g/mol. The molecule has 0 aromatic heterocycles. The van der Waals surface area contributed by atoms with Gasteiger partial charge in [0.2, 0.25) is 0 Å². The highest BCUT2D eigenvalue weighted by molar-refractivity contribution is 5.64. The molecule has 22 heavy (non-hydrogen) atoms. The molecule has 1 unspecified atom stereocenters. The van der Waals surface area contributed by atoms with Crippen LogP contribution < -0.4 is 10.4 Å². The summed E-state index contributed by atoms with van der Waals surface area (Å²) in [5, 5.41) is 2.66. The van der Waals surface area contributed by atoms with Crippen LogP contribution in [0.15, 0.2) is 72.8 Å². The Bertz CT molecular complexity index is 817. The second-order valence-corrected chi connectivity index (χ2v) is 5.87. The van der Waals surface area contributed by atoms with Crippen molar-refractivity contribution in [3.05, 3.63) is 94.4 Å². The molecule has 0 radical (unpaired) electrons. The molecule has 0 N–H and O–H groups in total. The first-order valence-electron chi connectivity index (χ1n) is 7.94. The Morgan fingerprint density at radius 1 is 0.955 bits per heavy atom. The first-order valence-corrected chi connectivity index (χ1v) is 7.94. The summed E-state index contributed by atoms with van der Waals surface area (Å²) in [4.78, 5) is 0. The van der Waals surface area contributed by atoms with Crippen molar-refractivity contribution in [2.45, 2.75) is 20.3 Å². The van der Waals surface area contributed by atoms with Crippen LogP contribution in [0.5, 0.6) is 0 Å². The molecule has 0 aliphatic heterocycles. The lowest BCUT2D eigenvalue weighted by Gasteiger charge is -2.18. The molecule has 0 bridgehead atoms. The van der Waals surface area contributed by atoms with Crippen LogP contribution in [0.2, 0.25) is 0 Å². The molecular formula is C22H22. The maximum atomic E-state index is 2.32. The predicted octanol–water partition coefficient (Wildman–Crippen LogP) is 3.93. The Morgan fingerprint density at radius 3 is 2.50 bits per heavy atom. The average Bonchev–Trinajstić information content (AvgIpc) is 2.57. The quantitative estimate of drug-likeness (QED) is 0.784. The molecule has 2 aromatic rings. The average molecular weight is 286 g/mol. The molecule has 2 aromatic carbocycles. The third-order valence-electron chi connectivity index (χ3n) is 4.29. The van der Waals surface area contributed by atoms with E-state index in [9.17, 15) is 0 Å². The van der Waals surface area contributed by atoms with Gasteiger partial charge in [-0.05, 0) is 41.8 Å². The van der Waals surface area contributed by atoms with Crippen molar-refractivity contribution in [3.8, 4) is 0 Å². The highest BCUT2D eigenvalue weighted by atomic mass is 14.2. The summed E-state index contributed by atoms with van der Waals surface area (Å²) < 4.78 is 0. The van der Waals surface area contributed by atoms with Gasteiger partial charge in [0.15, 0.2) is 0 Å². The Labute approximate surface area is 132 Å². The van der Waals surface area contributed by atoms with Crippen molar-refractivity contribution < 1.29 is 0 Å². The van der Waals surface area contributed by atoms with Crippen LogP contribution in [0.4, 0.5) is 0 Å². The Morgan fingerprint density at radius 2 is 1.73 bits per heavy atom. The fourth-order valence-electron chi connectivity index (χ4n) is 3.04. The van der Waals surface area contributed by atoms with Crippen molar-refractivity contribution in [1.29, 1.82) is 0 Å². The summed E-state index contributed by atoms with van der Waals surface area (Å²) in [6, 6.07) is 17.6. The van der Waals surface area contributed by atoms with Gasteiger partial charge in [0.25, 0.3) is 0 Å². The number of benzene rings is 2. The standard InChI is InChI=1S/C22H22/c1-3-19-8-4-6-10-21(19)22-11-7-5-9-20(22)16-18-14-12-17(2)13-15-18/h3-15,20H,16H2,1-2H3/b19-3-,22-21-. The van der Waals surface area contributed by atoms with Crippen LogP contribution in [0.1, 0.15) is 18.1 Å². The molecule has 0 saturated carbocycles. The van der Waals surface area contributed by atoms with Gasteiger partial charge in [-0.15, -0.1) is 0 Å². The number of allylic oxidation sites excluding steroid dienone is 4. The summed E-state index contributed by atoms with van der Waals surface area (Å²) in [6.07, 6.45) is 12.1. The molecule has 3 rings (SSSR count). The van der Waals surface area contributed by atoms with E-state index in [1.165, 1.54) is 27.1 Å². The SMILES string of the molecule is C/C=c1/cccc/c1=C1\C=CC=CC1Cc1ccc(C)cc1. The minimum absolute atomic E-state index is 0.439. The van der Waals surface area contributed by atoms with Gasteiger partial charge in [0.1, 0.15) is 0 Å². The summed E-state index contributed by atoms with van der Waals surface area (Å²) in [7, 11) is 0. The van der Waals surface area contributed by atoms with E-state index in [2.05, 4.69) is 92.8 Å². The number of aryl methyl sites for hydroxylation is 1. The van der Waals surface area contributed by atoms with E-state index >= 15 is 0 Å². The Hall–Kier alpha value is -2.34. The van der Waals surface area contributed by atoms with E-state index in [4.69, 9.17) is 0 Å². The normalized spacial score (nSPS) is 20.5. The van der Waals surface area contributed by atoms with Crippen molar-refractivity contribution in [1.82, 2.24) is 0 Å². The van der Waals surface area contributed by atoms with Crippen molar-refractivity contribution >= 4 is 11.6 Å². The zero-order chi connectivity index (χ0) is 15.4. The van der Waals surface area contributed by atoms with Crippen molar-refractivity contribution in [2.75, 3.05) is 0 Å². The fourth-order valence-corrected chi connectivity index (χ4v) is 3.04. The van der Waals surface area contributed by atoms with Crippen LogP contribution in [0, 0.1) is 12.8 Å². The van der Waals surface area contributed by atoms with Crippen LogP contribution in [0.25, 0.3) is 11.6 Å². The summed E-state index contributed by atoms with van der Waals surface area (Å²) in [5.41, 5.74) is 4.13. The summed E-state index contributed by atoms with van der Waals surface area (Å²) in [6.45, 7) is 4.24. The number of rotatable bonds is 2. The smallest absolute Gasteiger partial charge is 0.00676 e. The molecule has 0 spiro atoms. The Balaban J connectivity index is 2.05. The number of hydrogen-bond acceptors (Lipinski definition) is 0. The topological polar surface area (TPSA) is 0 Å². The number of hydrogen-bond donors (Lipinski definition) is 0. The van der Waals surface area contributed by atoms with Gasteiger partial charge in [-0.25, -0.2) is 0 Å². The first-order chi connectivity index (χ1) is 10.8. The lowest BCUT2D eigenvalue weighted by atomic mass is 9.86. The third kappa shape index (κ3) is 3.12. The second kappa shape index (κ2) is 6.62. The highest BCUT2D eigenvalue weighted by Gasteiger charge is 2.13. The van der Waals surface area contributed by atoms with E-state index in [-0.39, 0.29) is 0 Å². The minimum atomic E-state index is 0.439. The molecular weight excluding hydrogens is 264 g/mol. The van der Waals surface area contributed by atoms with Crippen molar-refractivity contribution in [3.63, 3.8) is 0 Å². The second-order valence-electron chi connectivity index (χ2n) is 5.87. The fraction of sp³-hybridized carbons (Fsp3) is 0.182. The van der Waals surface area contributed by atoms with Crippen LogP contribution in [-0.4, -0.2) is 0 Å². The lowest BCUT2D eigenvalue weighted by Crippen LogP contribution is -2.28. The van der Waals surface area contributed by atoms with E-state index in [0.717, 1.165) is 6.42 Å². The van der Waals surface area contributed by atoms with Crippen LogP contribution in [0.3, 0.4) is 0 Å². The van der Waals surface area contributed by atoms with E-state index in [0.29, 0.717) is 5.92 Å². The zero-order valence-corrected chi connectivity index (χ0v) is 13.3. The molecule has 0 fully saturated rings. The molecule has 0 nitrogen and oxygen atoms in total. The van der Waals surface area contributed by atoms with Gasteiger partial charge in [-0.3, -0.25) is 0 Å². The van der Waals surface area contributed by atoms with Gasteiger partial charge in [0.05, 0.1) is 0 Å². The molecule has 1 atom stereocenters. The van der Waals surface area contributed by atoms with Crippen LogP contribution in [-0.2, 0) is 6.42 Å². The molecule has 0 heterocycles. The maximum absolute atomic E-state index is 2.32. The first kappa shape index (κ1) is 14.6. The van der Waals surface area contributed by atoms with E-state index in [1.54, 1.807) is 0 Å². The molecule has 1 aliphatic carbocycles. The van der Waals surface area contributed by atoms with Gasteiger partial charge in [-0.2, -0.15) is 0 Å². The minimum Gasteiger partial charge on any atom is -0.0798 e. The van der Waals surface area contributed by atoms with Gasteiger partial charge in [0, 0.05) is 5.92 Å². The van der Waals surface area contributed by atoms with Gasteiger partial charge < -0.3 is 0 Å². The summed E-state index contributed by atoms with van der Waals surface area (Å²) in [5.74, 6) is 0.439. The van der Waals surface area contributed by atoms with E-state index < -0.39 is 0 Å². The summed E-state index contributed by atoms with van der Waals surface area (Å²) >= 11 is 0. The van der Waals surface area contributed by atoms with Gasteiger partial charge >= 0.3 is 0 Å². The van der Waals surface area contributed by atoms with E-state index in [1.807, 2.05) is 0 Å². The lowest BCUT2D eigenvalue weighted by molar-refractivity contribution is 0.820. The van der Waals surface area contributed by atoms with Crippen molar-refractivity contribution in [2.24, 2.45) is 5.92 Å². The molecule has 0 amide bonds. The predicted molar refractivity (Wildman–Crippen MR) is 95.9 cm³/mol. The van der Waals surface area contributed by atoms with Gasteiger partial charge in [-0.1, -0.05) is 84.5 Å².